The number of anilines is 1. The fourth-order valence-corrected chi connectivity index (χ4v) is 3.29. The molecule has 0 aliphatic carbocycles. The number of furan rings is 1. The largest absolute Gasteiger partial charge is 0.495 e. The van der Waals surface area contributed by atoms with Crippen molar-refractivity contribution in [1.29, 1.82) is 0 Å². The van der Waals surface area contributed by atoms with Crippen molar-refractivity contribution in [3.63, 3.8) is 0 Å². The lowest BCUT2D eigenvalue weighted by atomic mass is 10.1. The Morgan fingerprint density at radius 2 is 1.79 bits per heavy atom. The summed E-state index contributed by atoms with van der Waals surface area (Å²) >= 11 is 3.38. The molecule has 142 valence electrons. The highest BCUT2D eigenvalue weighted by Gasteiger charge is 2.19. The highest BCUT2D eigenvalue weighted by atomic mass is 79.9. The van der Waals surface area contributed by atoms with Crippen LogP contribution in [0.4, 0.5) is 5.69 Å². The van der Waals surface area contributed by atoms with Crippen LogP contribution in [-0.2, 0) is 4.79 Å². The lowest BCUT2D eigenvalue weighted by Crippen LogP contribution is -2.30. The van der Waals surface area contributed by atoms with E-state index in [1.165, 1.54) is 0 Å². The monoisotopic (exact) mass is 439 g/mol. The topological polar surface area (TPSA) is 60.7 Å². The number of amides is 1. The molecule has 0 saturated heterocycles. The van der Waals surface area contributed by atoms with Crippen molar-refractivity contribution in [2.45, 2.75) is 13.0 Å². The van der Waals surface area contributed by atoms with Gasteiger partial charge in [0.1, 0.15) is 22.7 Å². The predicted molar refractivity (Wildman–Crippen MR) is 113 cm³/mol. The minimum Gasteiger partial charge on any atom is -0.495 e. The Bertz CT molecular complexity index is 1150. The van der Waals surface area contributed by atoms with Gasteiger partial charge in [0, 0.05) is 21.3 Å². The molecule has 0 fully saturated rings. The van der Waals surface area contributed by atoms with Gasteiger partial charge in [0.2, 0.25) is 0 Å². The molecule has 4 aromatic rings. The van der Waals surface area contributed by atoms with Crippen LogP contribution in [0.1, 0.15) is 6.92 Å². The summed E-state index contributed by atoms with van der Waals surface area (Å²) in [6.07, 6.45) is -0.683. The third kappa shape index (κ3) is 3.55. The maximum Gasteiger partial charge on any atom is 0.265 e. The van der Waals surface area contributed by atoms with E-state index >= 15 is 0 Å². The third-order valence-corrected chi connectivity index (χ3v) is 4.98. The van der Waals surface area contributed by atoms with E-state index in [4.69, 9.17) is 13.9 Å². The molecule has 1 aromatic heterocycles. The normalized spacial score (nSPS) is 12.1. The highest BCUT2D eigenvalue weighted by molar-refractivity contribution is 9.10. The first-order chi connectivity index (χ1) is 13.5. The van der Waals surface area contributed by atoms with Crippen LogP contribution >= 0.6 is 15.9 Å². The smallest absolute Gasteiger partial charge is 0.265 e. The van der Waals surface area contributed by atoms with Gasteiger partial charge in [0.05, 0.1) is 12.8 Å². The number of ether oxygens (including phenoxy) is 2. The first-order valence-corrected chi connectivity index (χ1v) is 9.57. The molecule has 6 heteroatoms. The molecule has 1 unspecified atom stereocenters. The Kier molecular flexibility index (Phi) is 4.96. The number of methoxy groups -OCH3 is 1. The highest BCUT2D eigenvalue weighted by Crippen LogP contribution is 2.36. The van der Waals surface area contributed by atoms with Crippen LogP contribution < -0.4 is 14.8 Å². The van der Waals surface area contributed by atoms with Crippen molar-refractivity contribution in [3.05, 3.63) is 65.1 Å². The number of fused-ring (bicyclic) bond motifs is 3. The Balaban J connectivity index is 1.59. The van der Waals surface area contributed by atoms with E-state index in [2.05, 4.69) is 21.2 Å². The van der Waals surface area contributed by atoms with Crippen molar-refractivity contribution < 1.29 is 18.7 Å². The average molecular weight is 440 g/mol. The molecule has 1 amide bonds. The standard InChI is InChI=1S/C22H18BrNO4/c1-13(27-15-9-7-14(23)8-10-15)22(25)24-18-12-20-17(11-21(18)26-2)16-5-3-4-6-19(16)28-20/h3-13H,1-2H3,(H,24,25). The maximum absolute atomic E-state index is 12.6. The Hall–Kier alpha value is -2.99. The number of carbonyl (C=O) groups excluding carboxylic acids is 1. The molecule has 0 radical (unpaired) electrons. The van der Waals surface area contributed by atoms with Gasteiger partial charge in [-0.1, -0.05) is 34.1 Å². The summed E-state index contributed by atoms with van der Waals surface area (Å²) < 4.78 is 18.0. The third-order valence-electron chi connectivity index (χ3n) is 4.45. The zero-order chi connectivity index (χ0) is 19.7. The van der Waals surface area contributed by atoms with Crippen LogP contribution in [0.15, 0.2) is 69.6 Å². The molecule has 3 aromatic carbocycles. The summed E-state index contributed by atoms with van der Waals surface area (Å²) in [6, 6.07) is 18.8. The SMILES string of the molecule is COc1cc2c(cc1NC(=O)C(C)Oc1ccc(Br)cc1)oc1ccccc12. The quantitative estimate of drug-likeness (QED) is 0.429. The molecule has 0 aliphatic heterocycles. The van der Waals surface area contributed by atoms with Gasteiger partial charge in [-0.05, 0) is 43.3 Å². The molecule has 0 bridgehead atoms. The predicted octanol–water partition coefficient (Wildman–Crippen LogP) is 5.76. The number of para-hydroxylation sites is 1. The second-order valence-electron chi connectivity index (χ2n) is 6.35. The lowest BCUT2D eigenvalue weighted by molar-refractivity contribution is -0.122. The van der Waals surface area contributed by atoms with Gasteiger partial charge in [-0.15, -0.1) is 0 Å². The lowest BCUT2D eigenvalue weighted by Gasteiger charge is -2.16. The second-order valence-corrected chi connectivity index (χ2v) is 7.27. The van der Waals surface area contributed by atoms with E-state index in [-0.39, 0.29) is 5.91 Å². The summed E-state index contributed by atoms with van der Waals surface area (Å²) in [5.74, 6) is 0.894. The first-order valence-electron chi connectivity index (χ1n) is 8.77. The van der Waals surface area contributed by atoms with E-state index in [1.807, 2.05) is 42.5 Å². The molecule has 1 atom stereocenters. The average Bonchev–Trinajstić information content (AvgIpc) is 3.06. The van der Waals surface area contributed by atoms with Crippen LogP contribution in [0.3, 0.4) is 0 Å². The second kappa shape index (κ2) is 7.56. The number of halogens is 1. The molecule has 0 spiro atoms. The van der Waals surface area contributed by atoms with Gasteiger partial charge in [-0.25, -0.2) is 0 Å². The Morgan fingerprint density at radius 3 is 2.54 bits per heavy atom. The number of nitrogens with one attached hydrogen (secondary N) is 1. The summed E-state index contributed by atoms with van der Waals surface area (Å²) in [5.41, 5.74) is 2.00. The van der Waals surface area contributed by atoms with E-state index in [0.29, 0.717) is 22.8 Å². The van der Waals surface area contributed by atoms with E-state index in [9.17, 15) is 4.79 Å². The van der Waals surface area contributed by atoms with Crippen molar-refractivity contribution in [2.75, 3.05) is 12.4 Å². The summed E-state index contributed by atoms with van der Waals surface area (Å²) in [7, 11) is 1.57. The van der Waals surface area contributed by atoms with Gasteiger partial charge in [0.25, 0.3) is 5.91 Å². The number of carbonyl (C=O) groups is 1. The fraction of sp³-hybridized carbons (Fsp3) is 0.136. The van der Waals surface area contributed by atoms with Crippen LogP contribution in [0.5, 0.6) is 11.5 Å². The van der Waals surface area contributed by atoms with E-state index < -0.39 is 6.10 Å². The van der Waals surface area contributed by atoms with Crippen LogP contribution in [0.2, 0.25) is 0 Å². The van der Waals surface area contributed by atoms with Gasteiger partial charge in [-0.3, -0.25) is 4.79 Å². The molecular formula is C22H18BrNO4. The molecular weight excluding hydrogens is 422 g/mol. The summed E-state index contributed by atoms with van der Waals surface area (Å²) in [6.45, 7) is 1.70. The molecule has 5 nitrogen and oxygen atoms in total. The maximum atomic E-state index is 12.6. The van der Waals surface area contributed by atoms with E-state index in [1.54, 1.807) is 32.2 Å². The fourth-order valence-electron chi connectivity index (χ4n) is 3.02. The molecule has 1 heterocycles. The number of benzene rings is 3. The van der Waals surface area contributed by atoms with E-state index in [0.717, 1.165) is 20.8 Å². The number of hydrogen-bond donors (Lipinski definition) is 1. The molecule has 1 N–H and O–H groups in total. The first kappa shape index (κ1) is 18.4. The van der Waals surface area contributed by atoms with Crippen LogP contribution in [0, 0.1) is 0 Å². The van der Waals surface area contributed by atoms with Crippen LogP contribution in [-0.4, -0.2) is 19.1 Å². The minimum atomic E-state index is -0.683. The Morgan fingerprint density at radius 1 is 1.04 bits per heavy atom. The molecule has 28 heavy (non-hydrogen) atoms. The van der Waals surface area contributed by atoms with Crippen molar-refractivity contribution in [1.82, 2.24) is 0 Å². The van der Waals surface area contributed by atoms with Gasteiger partial charge < -0.3 is 19.2 Å². The van der Waals surface area contributed by atoms with Crippen molar-refractivity contribution >= 4 is 49.5 Å². The summed E-state index contributed by atoms with van der Waals surface area (Å²) in [4.78, 5) is 12.6. The number of hydrogen-bond acceptors (Lipinski definition) is 4. The molecule has 0 aliphatic rings. The van der Waals surface area contributed by atoms with Gasteiger partial charge >= 0.3 is 0 Å². The summed E-state index contributed by atoms with van der Waals surface area (Å²) in [5, 5.41) is 4.81. The Labute approximate surface area is 170 Å². The van der Waals surface area contributed by atoms with Gasteiger partial charge in [0.15, 0.2) is 6.10 Å². The van der Waals surface area contributed by atoms with Crippen molar-refractivity contribution in [2.24, 2.45) is 0 Å². The molecule has 4 rings (SSSR count). The van der Waals surface area contributed by atoms with Gasteiger partial charge in [-0.2, -0.15) is 0 Å². The minimum absolute atomic E-state index is 0.281. The van der Waals surface area contributed by atoms with Crippen LogP contribution in [0.25, 0.3) is 21.9 Å². The zero-order valence-corrected chi connectivity index (χ0v) is 16.9. The zero-order valence-electron chi connectivity index (χ0n) is 15.4. The van der Waals surface area contributed by atoms with Crippen molar-refractivity contribution in [3.8, 4) is 11.5 Å². The molecule has 0 saturated carbocycles. The number of rotatable bonds is 5.